The Morgan fingerprint density at radius 3 is 2.14 bits per heavy atom. The summed E-state index contributed by atoms with van der Waals surface area (Å²) in [5.74, 6) is 0.257. The molecular weight excluding hydrogens is 278 g/mol. The Kier molecular flexibility index (Phi) is 5.18. The van der Waals surface area contributed by atoms with Crippen LogP contribution in [-0.2, 0) is 9.59 Å². The minimum atomic E-state index is -0.770. The van der Waals surface area contributed by atoms with Crippen molar-refractivity contribution in [2.75, 3.05) is 6.54 Å². The van der Waals surface area contributed by atoms with Gasteiger partial charge in [-0.2, -0.15) is 0 Å². The third-order valence-corrected chi connectivity index (χ3v) is 5.93. The number of carboxylic acids is 1. The van der Waals surface area contributed by atoms with Gasteiger partial charge in [0.15, 0.2) is 0 Å². The molecule has 0 aromatic carbocycles. The molecule has 1 saturated carbocycles. The summed E-state index contributed by atoms with van der Waals surface area (Å²) in [7, 11) is 0. The van der Waals surface area contributed by atoms with Crippen LogP contribution in [0.2, 0.25) is 0 Å². The number of amides is 1. The molecule has 1 aliphatic carbocycles. The molecule has 2 atom stereocenters. The second kappa shape index (κ2) is 6.59. The van der Waals surface area contributed by atoms with Crippen molar-refractivity contribution >= 4 is 11.9 Å². The monoisotopic (exact) mass is 309 g/mol. The predicted molar refractivity (Wildman–Crippen MR) is 86.4 cm³/mol. The highest BCUT2D eigenvalue weighted by Crippen LogP contribution is 2.41. The molecule has 22 heavy (non-hydrogen) atoms. The van der Waals surface area contributed by atoms with Gasteiger partial charge in [0, 0.05) is 19.0 Å². The van der Waals surface area contributed by atoms with Crippen LogP contribution in [0.25, 0.3) is 0 Å². The van der Waals surface area contributed by atoms with Gasteiger partial charge in [-0.3, -0.25) is 9.59 Å². The number of aliphatic carboxylic acids is 1. The Morgan fingerprint density at radius 1 is 1.09 bits per heavy atom. The molecule has 4 nitrogen and oxygen atoms in total. The van der Waals surface area contributed by atoms with Crippen LogP contribution < -0.4 is 0 Å². The molecule has 0 bridgehead atoms. The van der Waals surface area contributed by atoms with Crippen LogP contribution in [0.15, 0.2) is 0 Å². The van der Waals surface area contributed by atoms with Crippen molar-refractivity contribution in [1.82, 2.24) is 4.90 Å². The second-order valence-corrected chi connectivity index (χ2v) is 8.35. The zero-order chi connectivity index (χ0) is 16.5. The van der Waals surface area contributed by atoms with Crippen LogP contribution in [0, 0.1) is 23.2 Å². The van der Waals surface area contributed by atoms with Gasteiger partial charge in [-0.15, -0.1) is 0 Å². The van der Waals surface area contributed by atoms with Crippen molar-refractivity contribution in [3.63, 3.8) is 0 Å². The first-order chi connectivity index (χ1) is 10.2. The first-order valence-electron chi connectivity index (χ1n) is 8.72. The molecule has 2 aliphatic rings. The molecule has 2 rings (SSSR count). The Balaban J connectivity index is 1.83. The third kappa shape index (κ3) is 3.82. The molecule has 4 heteroatoms. The van der Waals surface area contributed by atoms with Crippen LogP contribution in [0.3, 0.4) is 0 Å². The molecule has 0 aromatic heterocycles. The lowest BCUT2D eigenvalue weighted by molar-refractivity contribution is -0.143. The molecule has 1 aliphatic heterocycles. The highest BCUT2D eigenvalue weighted by Gasteiger charge is 2.39. The molecule has 1 saturated heterocycles. The average Bonchev–Trinajstić information content (AvgIpc) is 2.80. The van der Waals surface area contributed by atoms with Crippen LogP contribution >= 0.6 is 0 Å². The van der Waals surface area contributed by atoms with E-state index in [-0.39, 0.29) is 17.9 Å². The number of rotatable bonds is 3. The molecular formula is C18H31NO3. The van der Waals surface area contributed by atoms with Crippen molar-refractivity contribution in [3.8, 4) is 0 Å². The van der Waals surface area contributed by atoms with Crippen LogP contribution in [0.4, 0.5) is 0 Å². The minimum Gasteiger partial charge on any atom is -0.481 e. The maximum absolute atomic E-state index is 12.5. The van der Waals surface area contributed by atoms with Crippen LogP contribution in [0.5, 0.6) is 0 Å². The minimum absolute atomic E-state index is 0.157. The van der Waals surface area contributed by atoms with Gasteiger partial charge < -0.3 is 10.0 Å². The molecule has 1 amide bonds. The number of carboxylic acid groups (broad SMARTS) is 1. The smallest absolute Gasteiger partial charge is 0.308 e. The van der Waals surface area contributed by atoms with Gasteiger partial charge in [-0.05, 0) is 56.3 Å². The van der Waals surface area contributed by atoms with E-state index in [0.717, 1.165) is 18.8 Å². The Morgan fingerprint density at radius 2 is 1.68 bits per heavy atom. The summed E-state index contributed by atoms with van der Waals surface area (Å²) in [4.78, 5) is 25.5. The van der Waals surface area contributed by atoms with E-state index >= 15 is 0 Å². The molecule has 0 spiro atoms. The fraction of sp³-hybridized carbons (Fsp3) is 0.889. The van der Waals surface area contributed by atoms with Gasteiger partial charge in [0.2, 0.25) is 5.91 Å². The Hall–Kier alpha value is -1.06. The average molecular weight is 309 g/mol. The SMILES string of the molecule is CC1C(C(=O)O)CCN1C(=O)CC1CCC(C(C)(C)C)CC1. The quantitative estimate of drug-likeness (QED) is 0.867. The van der Waals surface area contributed by atoms with E-state index in [0.29, 0.717) is 30.7 Å². The summed E-state index contributed by atoms with van der Waals surface area (Å²) in [6, 6.07) is -0.157. The number of likely N-dealkylation sites (tertiary alicyclic amines) is 1. The largest absolute Gasteiger partial charge is 0.481 e. The van der Waals surface area contributed by atoms with E-state index < -0.39 is 5.97 Å². The molecule has 1 heterocycles. The summed E-state index contributed by atoms with van der Waals surface area (Å²) in [5.41, 5.74) is 0.368. The maximum Gasteiger partial charge on any atom is 0.308 e. The predicted octanol–water partition coefficient (Wildman–Crippen LogP) is 3.55. The lowest BCUT2D eigenvalue weighted by Crippen LogP contribution is -2.39. The van der Waals surface area contributed by atoms with E-state index in [9.17, 15) is 14.7 Å². The van der Waals surface area contributed by atoms with E-state index in [1.165, 1.54) is 12.8 Å². The molecule has 2 unspecified atom stereocenters. The zero-order valence-electron chi connectivity index (χ0n) is 14.5. The Bertz CT molecular complexity index is 419. The number of nitrogens with zero attached hydrogens (tertiary/aromatic N) is 1. The van der Waals surface area contributed by atoms with Gasteiger partial charge in [0.05, 0.1) is 5.92 Å². The number of hydrogen-bond acceptors (Lipinski definition) is 2. The highest BCUT2D eigenvalue weighted by atomic mass is 16.4. The normalized spacial score (nSPS) is 33.0. The van der Waals surface area contributed by atoms with Crippen molar-refractivity contribution < 1.29 is 14.7 Å². The van der Waals surface area contributed by atoms with Gasteiger partial charge in [-0.25, -0.2) is 0 Å². The summed E-state index contributed by atoms with van der Waals surface area (Å²) >= 11 is 0. The number of hydrogen-bond donors (Lipinski definition) is 1. The van der Waals surface area contributed by atoms with Gasteiger partial charge in [0.1, 0.15) is 0 Å². The number of carbonyl (C=O) groups excluding carboxylic acids is 1. The molecule has 126 valence electrons. The fourth-order valence-electron chi connectivity index (χ4n) is 4.22. The van der Waals surface area contributed by atoms with E-state index in [2.05, 4.69) is 20.8 Å². The lowest BCUT2D eigenvalue weighted by Gasteiger charge is -2.37. The van der Waals surface area contributed by atoms with Crippen molar-refractivity contribution in [2.24, 2.45) is 23.2 Å². The summed E-state index contributed by atoms with van der Waals surface area (Å²) in [6.07, 6.45) is 5.91. The van der Waals surface area contributed by atoms with E-state index in [1.54, 1.807) is 4.90 Å². The molecule has 0 radical (unpaired) electrons. The topological polar surface area (TPSA) is 57.6 Å². The van der Waals surface area contributed by atoms with Crippen LogP contribution in [-0.4, -0.2) is 34.5 Å². The second-order valence-electron chi connectivity index (χ2n) is 8.35. The standard InChI is InChI=1S/C18H31NO3/c1-12-15(17(21)22)9-10-19(12)16(20)11-13-5-7-14(8-6-13)18(2,3)4/h12-15H,5-11H2,1-4H3,(H,21,22). The van der Waals surface area contributed by atoms with Crippen molar-refractivity contribution in [3.05, 3.63) is 0 Å². The first kappa shape index (κ1) is 17.3. The summed E-state index contributed by atoms with van der Waals surface area (Å²) in [6.45, 7) is 9.40. The third-order valence-electron chi connectivity index (χ3n) is 5.93. The Labute approximate surface area is 134 Å². The van der Waals surface area contributed by atoms with Gasteiger partial charge >= 0.3 is 5.97 Å². The van der Waals surface area contributed by atoms with E-state index in [1.807, 2.05) is 6.92 Å². The fourth-order valence-corrected chi connectivity index (χ4v) is 4.22. The zero-order valence-corrected chi connectivity index (χ0v) is 14.5. The maximum atomic E-state index is 12.5. The lowest BCUT2D eigenvalue weighted by atomic mass is 9.69. The number of carbonyl (C=O) groups is 2. The van der Waals surface area contributed by atoms with Crippen molar-refractivity contribution in [1.29, 1.82) is 0 Å². The van der Waals surface area contributed by atoms with Crippen molar-refractivity contribution in [2.45, 2.75) is 72.3 Å². The first-order valence-corrected chi connectivity index (χ1v) is 8.72. The summed E-state index contributed by atoms with van der Waals surface area (Å²) < 4.78 is 0. The van der Waals surface area contributed by atoms with Crippen LogP contribution in [0.1, 0.15) is 66.2 Å². The molecule has 1 N–H and O–H groups in total. The van der Waals surface area contributed by atoms with E-state index in [4.69, 9.17) is 0 Å². The highest BCUT2D eigenvalue weighted by molar-refractivity contribution is 5.79. The van der Waals surface area contributed by atoms with Gasteiger partial charge in [-0.1, -0.05) is 20.8 Å². The molecule has 2 fully saturated rings. The van der Waals surface area contributed by atoms with Gasteiger partial charge in [0.25, 0.3) is 0 Å². The molecule has 0 aromatic rings. The summed E-state index contributed by atoms with van der Waals surface area (Å²) in [5, 5.41) is 9.17.